The Morgan fingerprint density at radius 1 is 1.42 bits per heavy atom. The summed E-state index contributed by atoms with van der Waals surface area (Å²) < 4.78 is 4.58. The van der Waals surface area contributed by atoms with Crippen molar-refractivity contribution >= 4 is 11.2 Å². The number of nitrogens with one attached hydrogen (secondary N) is 1. The van der Waals surface area contributed by atoms with Gasteiger partial charge in [-0.25, -0.2) is 9.78 Å². The number of aromatic amines is 1. The number of fused-ring (bicyclic) bond motifs is 1. The smallest absolute Gasteiger partial charge is 0.398 e. The van der Waals surface area contributed by atoms with E-state index in [-0.39, 0.29) is 5.71 Å². The molecule has 0 bridgehead atoms. The van der Waals surface area contributed by atoms with Crippen molar-refractivity contribution in [3.63, 3.8) is 0 Å². The first-order valence-corrected chi connectivity index (χ1v) is 3.25. The molecule has 0 aliphatic carbocycles. The minimum absolute atomic E-state index is 0.141. The van der Waals surface area contributed by atoms with E-state index in [1.54, 1.807) is 12.1 Å². The maximum absolute atomic E-state index is 10.7. The lowest BCUT2D eigenvalue weighted by molar-refractivity contribution is 0.535. The molecular weight excluding hydrogens is 160 g/mol. The van der Waals surface area contributed by atoms with Crippen LogP contribution in [-0.4, -0.2) is 9.97 Å². The second-order valence-electron chi connectivity index (χ2n) is 2.20. The largest absolute Gasteiger partial charge is 0.403 e. The minimum Gasteiger partial charge on any atom is -0.398 e. The van der Waals surface area contributed by atoms with Gasteiger partial charge in [-0.15, -0.1) is 0 Å². The van der Waals surface area contributed by atoms with Crippen molar-refractivity contribution in [1.29, 1.82) is 0 Å². The lowest BCUT2D eigenvalue weighted by atomic mass is 10.4. The summed E-state index contributed by atoms with van der Waals surface area (Å²) in [4.78, 5) is 27.5. The number of nitrogens with zero attached hydrogens (tertiary/aromatic N) is 1. The van der Waals surface area contributed by atoms with Crippen molar-refractivity contribution < 1.29 is 4.42 Å². The molecule has 0 saturated heterocycles. The molecule has 0 atom stereocenters. The fourth-order valence-electron chi connectivity index (χ4n) is 0.875. The Bertz CT molecular complexity index is 477. The molecule has 0 fully saturated rings. The molecule has 2 aromatic rings. The van der Waals surface area contributed by atoms with E-state index in [1.165, 1.54) is 6.20 Å². The normalized spacial score (nSPS) is 10.3. The Balaban J connectivity index is 3.03. The summed E-state index contributed by atoms with van der Waals surface area (Å²) in [5.41, 5.74) is -1.14. The number of pyridine rings is 1. The van der Waals surface area contributed by atoms with E-state index in [0.29, 0.717) is 5.52 Å². The standard InChI is InChI=1S/C7H4N2O3/c10-5-7(11)12-6-4(9-5)2-1-3-8-6/h1-3H,(H,9,10). The van der Waals surface area contributed by atoms with Gasteiger partial charge in [0.25, 0.3) is 0 Å². The molecular formula is C7H4N2O3. The third-order valence-corrected chi connectivity index (χ3v) is 1.39. The van der Waals surface area contributed by atoms with Crippen molar-refractivity contribution in [3.8, 4) is 0 Å². The minimum atomic E-state index is -0.929. The van der Waals surface area contributed by atoms with Crippen molar-refractivity contribution in [2.24, 2.45) is 0 Å². The van der Waals surface area contributed by atoms with Gasteiger partial charge in [-0.05, 0) is 12.1 Å². The first-order chi connectivity index (χ1) is 5.77. The van der Waals surface area contributed by atoms with Crippen molar-refractivity contribution in [3.05, 3.63) is 39.1 Å². The first-order valence-electron chi connectivity index (χ1n) is 3.25. The molecule has 12 heavy (non-hydrogen) atoms. The number of aromatic nitrogens is 2. The van der Waals surface area contributed by atoms with Gasteiger partial charge in [0.1, 0.15) is 5.52 Å². The van der Waals surface area contributed by atoms with Gasteiger partial charge >= 0.3 is 11.2 Å². The quantitative estimate of drug-likeness (QED) is 0.550. The summed E-state index contributed by atoms with van der Waals surface area (Å²) in [6, 6.07) is 3.24. The fraction of sp³-hybridized carbons (Fsp3) is 0. The SMILES string of the molecule is O=c1[nH]c2cccnc2oc1=O. The van der Waals surface area contributed by atoms with E-state index in [9.17, 15) is 9.59 Å². The zero-order valence-electron chi connectivity index (χ0n) is 5.90. The zero-order valence-corrected chi connectivity index (χ0v) is 5.90. The highest BCUT2D eigenvalue weighted by Gasteiger charge is 1.99. The number of H-pyrrole nitrogens is 1. The van der Waals surface area contributed by atoms with Crippen molar-refractivity contribution in [2.45, 2.75) is 0 Å². The predicted molar refractivity (Wildman–Crippen MR) is 40.9 cm³/mol. The van der Waals surface area contributed by atoms with Gasteiger partial charge < -0.3 is 9.40 Å². The molecule has 2 heterocycles. The molecule has 5 heteroatoms. The van der Waals surface area contributed by atoms with Crippen LogP contribution in [0.5, 0.6) is 0 Å². The molecule has 0 unspecified atom stereocenters. The third-order valence-electron chi connectivity index (χ3n) is 1.39. The molecule has 0 saturated carbocycles. The zero-order chi connectivity index (χ0) is 8.55. The Morgan fingerprint density at radius 3 is 3.08 bits per heavy atom. The van der Waals surface area contributed by atoms with Gasteiger partial charge in [-0.1, -0.05) is 0 Å². The van der Waals surface area contributed by atoms with Crippen LogP contribution in [0.1, 0.15) is 0 Å². The average Bonchev–Trinajstić information content (AvgIpc) is 2.07. The van der Waals surface area contributed by atoms with E-state index >= 15 is 0 Å². The molecule has 2 aromatic heterocycles. The molecule has 2 rings (SSSR count). The van der Waals surface area contributed by atoms with E-state index < -0.39 is 11.2 Å². The Morgan fingerprint density at radius 2 is 2.25 bits per heavy atom. The highest BCUT2D eigenvalue weighted by molar-refractivity contribution is 5.65. The van der Waals surface area contributed by atoms with Gasteiger partial charge in [0.05, 0.1) is 0 Å². The van der Waals surface area contributed by atoms with Gasteiger partial charge in [0.15, 0.2) is 0 Å². The van der Waals surface area contributed by atoms with Crippen LogP contribution in [0.25, 0.3) is 11.2 Å². The number of hydrogen-bond donors (Lipinski definition) is 1. The van der Waals surface area contributed by atoms with Crippen LogP contribution in [0.15, 0.2) is 32.3 Å². The van der Waals surface area contributed by atoms with E-state index in [0.717, 1.165) is 0 Å². The summed E-state index contributed by atoms with van der Waals surface area (Å²) in [5.74, 6) is 0. The number of hydrogen-bond acceptors (Lipinski definition) is 4. The Hall–Kier alpha value is -1.91. The predicted octanol–water partition coefficient (Wildman–Crippen LogP) is -0.124. The van der Waals surface area contributed by atoms with E-state index in [4.69, 9.17) is 0 Å². The number of rotatable bonds is 0. The summed E-state index contributed by atoms with van der Waals surface area (Å²) in [6.07, 6.45) is 1.48. The van der Waals surface area contributed by atoms with E-state index in [2.05, 4.69) is 14.4 Å². The van der Waals surface area contributed by atoms with Crippen molar-refractivity contribution in [1.82, 2.24) is 9.97 Å². The van der Waals surface area contributed by atoms with Crippen LogP contribution >= 0.6 is 0 Å². The Labute approximate surface area is 65.7 Å². The summed E-state index contributed by atoms with van der Waals surface area (Å²) in [5, 5.41) is 0. The lowest BCUT2D eigenvalue weighted by Crippen LogP contribution is -2.25. The molecule has 0 radical (unpaired) electrons. The Kier molecular flexibility index (Phi) is 1.30. The fourth-order valence-corrected chi connectivity index (χ4v) is 0.875. The molecule has 0 amide bonds. The monoisotopic (exact) mass is 164 g/mol. The highest BCUT2D eigenvalue weighted by Crippen LogP contribution is 2.00. The van der Waals surface area contributed by atoms with Crippen LogP contribution in [0.4, 0.5) is 0 Å². The summed E-state index contributed by atoms with van der Waals surface area (Å²) >= 11 is 0. The first kappa shape index (κ1) is 6.78. The molecule has 0 aliphatic rings. The van der Waals surface area contributed by atoms with Crippen LogP contribution < -0.4 is 11.2 Å². The lowest BCUT2D eigenvalue weighted by Gasteiger charge is -1.90. The third kappa shape index (κ3) is 0.914. The second kappa shape index (κ2) is 2.30. The molecule has 5 nitrogen and oxygen atoms in total. The van der Waals surface area contributed by atoms with Gasteiger partial charge in [-0.2, -0.15) is 0 Å². The van der Waals surface area contributed by atoms with Gasteiger partial charge in [0.2, 0.25) is 5.71 Å². The second-order valence-corrected chi connectivity index (χ2v) is 2.20. The topological polar surface area (TPSA) is 76.0 Å². The summed E-state index contributed by atoms with van der Waals surface area (Å²) in [7, 11) is 0. The molecule has 1 N–H and O–H groups in total. The summed E-state index contributed by atoms with van der Waals surface area (Å²) in [6.45, 7) is 0. The maximum atomic E-state index is 10.7. The van der Waals surface area contributed by atoms with Crippen LogP contribution in [0.3, 0.4) is 0 Å². The molecule has 0 aliphatic heterocycles. The van der Waals surface area contributed by atoms with Gasteiger partial charge in [-0.3, -0.25) is 4.79 Å². The van der Waals surface area contributed by atoms with Crippen LogP contribution in [0.2, 0.25) is 0 Å². The molecule has 0 spiro atoms. The maximum Gasteiger partial charge on any atom is 0.403 e. The average molecular weight is 164 g/mol. The molecule has 0 aromatic carbocycles. The molecule has 60 valence electrons. The van der Waals surface area contributed by atoms with Crippen LogP contribution in [-0.2, 0) is 0 Å². The van der Waals surface area contributed by atoms with Crippen LogP contribution in [0, 0.1) is 0 Å². The van der Waals surface area contributed by atoms with Gasteiger partial charge in [0, 0.05) is 6.20 Å². The highest BCUT2D eigenvalue weighted by atomic mass is 16.4. The van der Waals surface area contributed by atoms with E-state index in [1.807, 2.05) is 0 Å². The van der Waals surface area contributed by atoms with Crippen molar-refractivity contribution in [2.75, 3.05) is 0 Å².